The molecule has 17 heavy (non-hydrogen) atoms. The van der Waals surface area contributed by atoms with E-state index >= 15 is 0 Å². The number of hydrogen-bond donors (Lipinski definition) is 1. The first-order valence-corrected chi connectivity index (χ1v) is 6.97. The van der Waals surface area contributed by atoms with E-state index in [1.165, 1.54) is 25.7 Å². The summed E-state index contributed by atoms with van der Waals surface area (Å²) in [5.41, 5.74) is 6.13. The largest absolute Gasteiger partial charge is 0.383 e. The summed E-state index contributed by atoms with van der Waals surface area (Å²) < 4.78 is 5.21. The van der Waals surface area contributed by atoms with Crippen molar-refractivity contribution >= 4 is 0 Å². The predicted molar refractivity (Wildman–Crippen MR) is 75.3 cm³/mol. The molecule has 1 unspecified atom stereocenters. The maximum absolute atomic E-state index is 6.02. The number of rotatable bonds is 10. The second-order valence-corrected chi connectivity index (χ2v) is 5.44. The Balaban J connectivity index is 4.49. The van der Waals surface area contributed by atoms with Crippen molar-refractivity contribution in [3.63, 3.8) is 0 Å². The molecule has 0 aromatic carbocycles. The topological polar surface area (TPSA) is 38.5 Å². The quantitative estimate of drug-likeness (QED) is 0.600. The Hall–Kier alpha value is -0.120. The van der Waals surface area contributed by atoms with Gasteiger partial charge >= 0.3 is 0 Å². The van der Waals surface area contributed by atoms with Gasteiger partial charge in [0.15, 0.2) is 0 Å². The predicted octanol–water partition coefficient (Wildman–Crippen LogP) is 2.64. The maximum Gasteiger partial charge on any atom is 0.0590 e. The van der Waals surface area contributed by atoms with E-state index < -0.39 is 0 Å². The first-order chi connectivity index (χ1) is 8.01. The Kier molecular flexibility index (Phi) is 8.83. The van der Waals surface area contributed by atoms with Gasteiger partial charge in [0.25, 0.3) is 0 Å². The van der Waals surface area contributed by atoms with Crippen LogP contribution < -0.4 is 5.73 Å². The summed E-state index contributed by atoms with van der Waals surface area (Å²) in [4.78, 5) is 2.49. The fraction of sp³-hybridized carbons (Fsp3) is 1.00. The van der Waals surface area contributed by atoms with E-state index in [-0.39, 0.29) is 5.54 Å². The molecule has 0 fully saturated rings. The first-order valence-electron chi connectivity index (χ1n) is 6.97. The van der Waals surface area contributed by atoms with Gasteiger partial charge in [-0.15, -0.1) is 0 Å². The molecule has 3 nitrogen and oxygen atoms in total. The molecule has 1 atom stereocenters. The number of methoxy groups -OCH3 is 1. The van der Waals surface area contributed by atoms with Gasteiger partial charge in [-0.2, -0.15) is 0 Å². The minimum atomic E-state index is 0.113. The normalized spacial score (nSPS) is 15.5. The summed E-state index contributed by atoms with van der Waals surface area (Å²) in [5, 5.41) is 0. The molecule has 0 aromatic rings. The minimum Gasteiger partial charge on any atom is -0.383 e. The lowest BCUT2D eigenvalue weighted by Gasteiger charge is -2.43. The molecular weight excluding hydrogens is 212 g/mol. The second-order valence-electron chi connectivity index (χ2n) is 5.44. The minimum absolute atomic E-state index is 0.113. The van der Waals surface area contributed by atoms with Gasteiger partial charge in [-0.3, -0.25) is 4.90 Å². The lowest BCUT2D eigenvalue weighted by molar-refractivity contribution is 0.0381. The van der Waals surface area contributed by atoms with E-state index in [0.29, 0.717) is 6.04 Å². The highest BCUT2D eigenvalue weighted by molar-refractivity contribution is 4.89. The molecular formula is C14H32N2O. The molecule has 0 aliphatic heterocycles. The lowest BCUT2D eigenvalue weighted by atomic mass is 9.91. The van der Waals surface area contributed by atoms with Crippen LogP contribution in [0.15, 0.2) is 0 Å². The fourth-order valence-corrected chi connectivity index (χ4v) is 2.46. The fourth-order valence-electron chi connectivity index (χ4n) is 2.46. The van der Waals surface area contributed by atoms with Crippen molar-refractivity contribution in [1.29, 1.82) is 0 Å². The average Bonchev–Trinajstić information content (AvgIpc) is 2.29. The number of nitrogens with two attached hydrogens (primary N) is 1. The van der Waals surface area contributed by atoms with Gasteiger partial charge in [-0.25, -0.2) is 0 Å². The van der Waals surface area contributed by atoms with E-state index in [9.17, 15) is 0 Å². The monoisotopic (exact) mass is 244 g/mol. The Morgan fingerprint density at radius 3 is 2.35 bits per heavy atom. The zero-order valence-electron chi connectivity index (χ0n) is 12.5. The molecule has 0 bridgehead atoms. The van der Waals surface area contributed by atoms with Crippen LogP contribution in [0.4, 0.5) is 0 Å². The zero-order valence-corrected chi connectivity index (χ0v) is 12.5. The van der Waals surface area contributed by atoms with Crippen LogP contribution in [-0.4, -0.2) is 43.3 Å². The van der Waals surface area contributed by atoms with Gasteiger partial charge in [-0.05, 0) is 27.2 Å². The van der Waals surface area contributed by atoms with E-state index in [1.54, 1.807) is 7.11 Å². The van der Waals surface area contributed by atoms with Gasteiger partial charge in [0.05, 0.1) is 6.61 Å². The SMILES string of the molecule is CCCCCC(C)(CN)N(CCOC)C(C)C. The molecule has 2 N–H and O–H groups in total. The van der Waals surface area contributed by atoms with Crippen molar-refractivity contribution in [2.24, 2.45) is 5.73 Å². The Labute approximate surface area is 108 Å². The first kappa shape index (κ1) is 16.9. The van der Waals surface area contributed by atoms with Crippen molar-refractivity contribution in [1.82, 2.24) is 4.90 Å². The van der Waals surface area contributed by atoms with E-state index in [2.05, 4.69) is 32.6 Å². The van der Waals surface area contributed by atoms with Crippen LogP contribution in [-0.2, 0) is 4.74 Å². The molecule has 0 aliphatic carbocycles. The smallest absolute Gasteiger partial charge is 0.0590 e. The van der Waals surface area contributed by atoms with Crippen LogP contribution in [0.5, 0.6) is 0 Å². The molecule has 0 rings (SSSR count). The third-order valence-electron chi connectivity index (χ3n) is 3.61. The Morgan fingerprint density at radius 2 is 1.94 bits per heavy atom. The third-order valence-corrected chi connectivity index (χ3v) is 3.61. The van der Waals surface area contributed by atoms with Crippen molar-refractivity contribution in [2.45, 2.75) is 65.0 Å². The molecule has 0 aliphatic rings. The summed E-state index contributed by atoms with van der Waals surface area (Å²) in [6, 6.07) is 0.514. The highest BCUT2D eigenvalue weighted by Crippen LogP contribution is 2.23. The second kappa shape index (κ2) is 8.90. The molecule has 0 radical (unpaired) electrons. The van der Waals surface area contributed by atoms with Crippen LogP contribution in [0.1, 0.15) is 53.4 Å². The van der Waals surface area contributed by atoms with Crippen molar-refractivity contribution < 1.29 is 4.74 Å². The highest BCUT2D eigenvalue weighted by Gasteiger charge is 2.31. The van der Waals surface area contributed by atoms with Gasteiger partial charge in [-0.1, -0.05) is 26.2 Å². The average molecular weight is 244 g/mol. The summed E-state index contributed by atoms with van der Waals surface area (Å²) in [5.74, 6) is 0. The number of nitrogens with zero attached hydrogens (tertiary/aromatic N) is 1. The summed E-state index contributed by atoms with van der Waals surface area (Å²) >= 11 is 0. The van der Waals surface area contributed by atoms with Gasteiger partial charge in [0.2, 0.25) is 0 Å². The molecule has 0 amide bonds. The van der Waals surface area contributed by atoms with Crippen LogP contribution in [0.25, 0.3) is 0 Å². The molecule has 0 saturated heterocycles. The van der Waals surface area contributed by atoms with Crippen LogP contribution in [0, 0.1) is 0 Å². The van der Waals surface area contributed by atoms with Crippen molar-refractivity contribution in [3.05, 3.63) is 0 Å². The lowest BCUT2D eigenvalue weighted by Crippen LogP contribution is -2.55. The standard InChI is InChI=1S/C14H32N2O/c1-6-7-8-9-14(4,12-15)16(13(2)3)10-11-17-5/h13H,6-12,15H2,1-5H3. The number of hydrogen-bond acceptors (Lipinski definition) is 3. The summed E-state index contributed by atoms with van der Waals surface area (Å²) in [6.07, 6.45) is 5.01. The van der Waals surface area contributed by atoms with Crippen molar-refractivity contribution in [2.75, 3.05) is 26.8 Å². The van der Waals surface area contributed by atoms with E-state index in [0.717, 1.165) is 19.7 Å². The van der Waals surface area contributed by atoms with E-state index in [4.69, 9.17) is 10.5 Å². The summed E-state index contributed by atoms with van der Waals surface area (Å²) in [7, 11) is 1.76. The van der Waals surface area contributed by atoms with Crippen LogP contribution >= 0.6 is 0 Å². The summed E-state index contributed by atoms with van der Waals surface area (Å²) in [6.45, 7) is 11.5. The molecule has 104 valence electrons. The Bertz CT molecular complexity index is 185. The zero-order chi connectivity index (χ0) is 13.3. The number of ether oxygens (including phenoxy) is 1. The molecule has 0 spiro atoms. The molecule has 0 aromatic heterocycles. The Morgan fingerprint density at radius 1 is 1.29 bits per heavy atom. The molecule has 0 saturated carbocycles. The number of unbranched alkanes of at least 4 members (excludes halogenated alkanes) is 2. The van der Waals surface area contributed by atoms with E-state index in [1.807, 2.05) is 0 Å². The highest BCUT2D eigenvalue weighted by atomic mass is 16.5. The van der Waals surface area contributed by atoms with Gasteiger partial charge in [0.1, 0.15) is 0 Å². The van der Waals surface area contributed by atoms with Crippen molar-refractivity contribution in [3.8, 4) is 0 Å². The van der Waals surface area contributed by atoms with Gasteiger partial charge in [0, 0.05) is 31.8 Å². The maximum atomic E-state index is 6.02. The molecule has 3 heteroatoms. The third kappa shape index (κ3) is 5.84. The van der Waals surface area contributed by atoms with Gasteiger partial charge < -0.3 is 10.5 Å². The van der Waals surface area contributed by atoms with Crippen LogP contribution in [0.2, 0.25) is 0 Å². The van der Waals surface area contributed by atoms with Crippen LogP contribution in [0.3, 0.4) is 0 Å². The molecule has 0 heterocycles.